The van der Waals surface area contributed by atoms with Crippen LogP contribution in [0.3, 0.4) is 0 Å². The molecule has 0 atom stereocenters. The lowest BCUT2D eigenvalue weighted by atomic mass is 10.2. The monoisotopic (exact) mass is 261 g/mol. The highest BCUT2D eigenvalue weighted by atomic mass is 16.5. The molecule has 1 aliphatic rings. The van der Waals surface area contributed by atoms with Gasteiger partial charge < -0.3 is 8.94 Å². The molecule has 2 amide bonds. The summed E-state index contributed by atoms with van der Waals surface area (Å²) in [7, 11) is 0. The van der Waals surface area contributed by atoms with Crippen LogP contribution in [0.15, 0.2) is 33.6 Å². The van der Waals surface area contributed by atoms with Crippen LogP contribution in [0.1, 0.15) is 45.4 Å². The SMILES string of the molecule is O=C(NNC(=O)c1conc1C1CC1)c1ccco1. The number of aromatic nitrogens is 1. The zero-order valence-electron chi connectivity index (χ0n) is 9.88. The molecular weight excluding hydrogens is 250 g/mol. The molecule has 0 spiro atoms. The van der Waals surface area contributed by atoms with Crippen LogP contribution >= 0.6 is 0 Å². The molecule has 0 radical (unpaired) electrons. The van der Waals surface area contributed by atoms with E-state index in [2.05, 4.69) is 16.0 Å². The topological polar surface area (TPSA) is 97.4 Å². The van der Waals surface area contributed by atoms with Gasteiger partial charge in [-0.25, -0.2) is 0 Å². The number of hydrogen-bond donors (Lipinski definition) is 2. The average molecular weight is 261 g/mol. The van der Waals surface area contributed by atoms with Gasteiger partial charge in [-0.05, 0) is 25.0 Å². The van der Waals surface area contributed by atoms with E-state index in [9.17, 15) is 9.59 Å². The predicted molar refractivity (Wildman–Crippen MR) is 62.1 cm³/mol. The summed E-state index contributed by atoms with van der Waals surface area (Å²) in [6.07, 6.45) is 4.67. The summed E-state index contributed by atoms with van der Waals surface area (Å²) >= 11 is 0. The molecule has 7 heteroatoms. The number of carbonyl (C=O) groups is 2. The molecule has 0 aromatic carbocycles. The van der Waals surface area contributed by atoms with E-state index in [4.69, 9.17) is 8.94 Å². The van der Waals surface area contributed by atoms with Crippen molar-refractivity contribution in [2.45, 2.75) is 18.8 Å². The summed E-state index contributed by atoms with van der Waals surface area (Å²) < 4.78 is 9.70. The van der Waals surface area contributed by atoms with Crippen molar-refractivity contribution in [3.63, 3.8) is 0 Å². The Morgan fingerprint density at radius 1 is 1.26 bits per heavy atom. The Hall–Kier alpha value is -2.57. The summed E-state index contributed by atoms with van der Waals surface area (Å²) in [5.41, 5.74) is 5.55. The summed E-state index contributed by atoms with van der Waals surface area (Å²) in [6, 6.07) is 3.08. The lowest BCUT2D eigenvalue weighted by molar-refractivity contribution is 0.0830. The first kappa shape index (κ1) is 11.5. The van der Waals surface area contributed by atoms with Crippen molar-refractivity contribution in [1.29, 1.82) is 0 Å². The van der Waals surface area contributed by atoms with Crippen LogP contribution in [0.2, 0.25) is 0 Å². The number of nitrogens with one attached hydrogen (secondary N) is 2. The van der Waals surface area contributed by atoms with Gasteiger partial charge in [0.15, 0.2) is 5.76 Å². The number of carbonyl (C=O) groups excluding carboxylic acids is 2. The number of hydrazine groups is 1. The molecule has 2 aromatic rings. The zero-order valence-corrected chi connectivity index (χ0v) is 9.88. The van der Waals surface area contributed by atoms with E-state index < -0.39 is 11.8 Å². The Morgan fingerprint density at radius 3 is 2.74 bits per heavy atom. The molecule has 3 rings (SSSR count). The first-order chi connectivity index (χ1) is 9.25. The van der Waals surface area contributed by atoms with Crippen LogP contribution in [0.5, 0.6) is 0 Å². The second-order valence-electron chi connectivity index (χ2n) is 4.27. The largest absolute Gasteiger partial charge is 0.459 e. The van der Waals surface area contributed by atoms with Crippen molar-refractivity contribution < 1.29 is 18.5 Å². The van der Waals surface area contributed by atoms with Crippen molar-refractivity contribution in [2.75, 3.05) is 0 Å². The minimum atomic E-state index is -0.525. The summed E-state index contributed by atoms with van der Waals surface area (Å²) in [4.78, 5) is 23.4. The standard InChI is InChI=1S/C12H11N3O4/c16-11(8-6-19-15-10(8)7-3-4-7)13-14-12(17)9-2-1-5-18-9/h1-2,5-7H,3-4H2,(H,13,16)(H,14,17). The molecule has 1 saturated carbocycles. The summed E-state index contributed by atoms with van der Waals surface area (Å²) in [6.45, 7) is 0. The van der Waals surface area contributed by atoms with Gasteiger partial charge in [0, 0.05) is 5.92 Å². The molecule has 0 saturated heterocycles. The lowest BCUT2D eigenvalue weighted by Crippen LogP contribution is -2.41. The fourth-order valence-corrected chi connectivity index (χ4v) is 1.72. The third kappa shape index (κ3) is 2.35. The van der Waals surface area contributed by atoms with Gasteiger partial charge in [-0.1, -0.05) is 5.16 Å². The van der Waals surface area contributed by atoms with Crippen LogP contribution in [0.25, 0.3) is 0 Å². The average Bonchev–Trinajstić information content (AvgIpc) is 2.96. The third-order valence-electron chi connectivity index (χ3n) is 2.84. The van der Waals surface area contributed by atoms with Crippen LogP contribution in [0, 0.1) is 0 Å². The van der Waals surface area contributed by atoms with Crippen LogP contribution in [0.4, 0.5) is 0 Å². The van der Waals surface area contributed by atoms with Crippen LogP contribution in [-0.2, 0) is 0 Å². The minimum absolute atomic E-state index is 0.119. The Bertz CT molecular complexity index is 598. The van der Waals surface area contributed by atoms with Crippen LogP contribution < -0.4 is 10.9 Å². The highest BCUT2D eigenvalue weighted by molar-refractivity contribution is 5.98. The quantitative estimate of drug-likeness (QED) is 0.809. The highest BCUT2D eigenvalue weighted by Crippen LogP contribution is 2.40. The third-order valence-corrected chi connectivity index (χ3v) is 2.84. The lowest BCUT2D eigenvalue weighted by Gasteiger charge is -2.04. The normalized spacial score (nSPS) is 14.1. The van der Waals surface area contributed by atoms with E-state index >= 15 is 0 Å². The molecule has 0 bridgehead atoms. The minimum Gasteiger partial charge on any atom is -0.459 e. The van der Waals surface area contributed by atoms with E-state index in [0.717, 1.165) is 12.8 Å². The molecule has 1 aliphatic carbocycles. The van der Waals surface area contributed by atoms with E-state index in [1.165, 1.54) is 18.6 Å². The van der Waals surface area contributed by atoms with E-state index in [0.29, 0.717) is 17.2 Å². The number of hydrogen-bond acceptors (Lipinski definition) is 5. The van der Waals surface area contributed by atoms with E-state index in [1.54, 1.807) is 6.07 Å². The van der Waals surface area contributed by atoms with Gasteiger partial charge in [-0.15, -0.1) is 0 Å². The molecule has 2 heterocycles. The Kier molecular flexibility index (Phi) is 2.79. The second kappa shape index (κ2) is 4.60. The first-order valence-corrected chi connectivity index (χ1v) is 5.84. The zero-order chi connectivity index (χ0) is 13.2. The van der Waals surface area contributed by atoms with E-state index in [-0.39, 0.29) is 5.76 Å². The van der Waals surface area contributed by atoms with Gasteiger partial charge in [0.1, 0.15) is 11.8 Å². The summed E-state index contributed by atoms with van der Waals surface area (Å²) in [5.74, 6) is -0.570. The maximum Gasteiger partial charge on any atom is 0.305 e. The molecule has 0 unspecified atom stereocenters. The molecule has 2 aromatic heterocycles. The molecule has 19 heavy (non-hydrogen) atoms. The number of amides is 2. The second-order valence-corrected chi connectivity index (χ2v) is 4.27. The fraction of sp³-hybridized carbons (Fsp3) is 0.250. The molecule has 0 aliphatic heterocycles. The first-order valence-electron chi connectivity index (χ1n) is 5.84. The van der Waals surface area contributed by atoms with E-state index in [1.807, 2.05) is 0 Å². The molecule has 98 valence electrons. The van der Waals surface area contributed by atoms with Crippen molar-refractivity contribution >= 4 is 11.8 Å². The molecule has 1 fully saturated rings. The van der Waals surface area contributed by atoms with Gasteiger partial charge in [-0.2, -0.15) is 0 Å². The smallest absolute Gasteiger partial charge is 0.305 e. The van der Waals surface area contributed by atoms with Gasteiger partial charge in [0.2, 0.25) is 0 Å². The predicted octanol–water partition coefficient (Wildman–Crippen LogP) is 1.22. The fourth-order valence-electron chi connectivity index (χ4n) is 1.72. The van der Waals surface area contributed by atoms with Crippen LogP contribution in [-0.4, -0.2) is 17.0 Å². The Balaban J connectivity index is 1.62. The van der Waals surface area contributed by atoms with Crippen molar-refractivity contribution in [3.8, 4) is 0 Å². The van der Waals surface area contributed by atoms with Crippen molar-refractivity contribution in [3.05, 3.63) is 41.7 Å². The number of nitrogens with zero attached hydrogens (tertiary/aromatic N) is 1. The van der Waals surface area contributed by atoms with Crippen molar-refractivity contribution in [2.24, 2.45) is 0 Å². The molecular formula is C12H11N3O4. The summed E-state index contributed by atoms with van der Waals surface area (Å²) in [5, 5.41) is 3.81. The Morgan fingerprint density at radius 2 is 2.05 bits per heavy atom. The number of rotatable bonds is 3. The molecule has 2 N–H and O–H groups in total. The van der Waals surface area contributed by atoms with Gasteiger partial charge in [0.05, 0.1) is 12.0 Å². The Labute approximate surface area is 107 Å². The number of furan rings is 1. The maximum absolute atomic E-state index is 11.9. The van der Waals surface area contributed by atoms with Gasteiger partial charge in [0.25, 0.3) is 5.91 Å². The van der Waals surface area contributed by atoms with Gasteiger partial charge in [-0.3, -0.25) is 20.4 Å². The highest BCUT2D eigenvalue weighted by Gasteiger charge is 2.31. The van der Waals surface area contributed by atoms with Crippen molar-refractivity contribution in [1.82, 2.24) is 16.0 Å². The van der Waals surface area contributed by atoms with Gasteiger partial charge >= 0.3 is 5.91 Å². The molecule has 7 nitrogen and oxygen atoms in total. The maximum atomic E-state index is 11.9.